The minimum Gasteiger partial charge on any atom is -0.497 e. The third-order valence-electron chi connectivity index (χ3n) is 6.31. The van der Waals surface area contributed by atoms with Crippen molar-refractivity contribution in [2.45, 2.75) is 31.5 Å². The molecule has 6 heteroatoms. The number of rotatable bonds is 5. The monoisotopic (exact) mass is 394 g/mol. The molecule has 0 radical (unpaired) electrons. The first-order chi connectivity index (χ1) is 13.8. The van der Waals surface area contributed by atoms with E-state index in [4.69, 9.17) is 9.47 Å². The second-order valence-electron chi connectivity index (χ2n) is 8.12. The van der Waals surface area contributed by atoms with Crippen LogP contribution < -0.4 is 9.64 Å². The van der Waals surface area contributed by atoms with Crippen molar-refractivity contribution in [1.29, 1.82) is 0 Å². The average Bonchev–Trinajstić information content (AvgIpc) is 3.17. The second-order valence-corrected chi connectivity index (χ2v) is 8.12. The van der Waals surface area contributed by atoms with Gasteiger partial charge in [0.2, 0.25) is 0 Å². The molecule has 2 atom stereocenters. The predicted octanol–water partition coefficient (Wildman–Crippen LogP) is 2.99. The molecular formula is C23H26N2O4. The first-order valence-electron chi connectivity index (χ1n) is 9.77. The topological polar surface area (TPSA) is 59.1 Å². The summed E-state index contributed by atoms with van der Waals surface area (Å²) in [6, 6.07) is 12.7. The van der Waals surface area contributed by atoms with Crippen LogP contribution in [0.3, 0.4) is 0 Å². The minimum absolute atomic E-state index is 0.0484. The third-order valence-corrected chi connectivity index (χ3v) is 6.31. The number of methoxy groups -OCH3 is 1. The Bertz CT molecular complexity index is 956. The molecule has 1 saturated heterocycles. The van der Waals surface area contributed by atoms with Gasteiger partial charge in [-0.25, -0.2) is 4.79 Å². The van der Waals surface area contributed by atoms with Crippen molar-refractivity contribution in [2.24, 2.45) is 0 Å². The van der Waals surface area contributed by atoms with Crippen molar-refractivity contribution in [1.82, 2.24) is 4.90 Å². The lowest BCUT2D eigenvalue weighted by Crippen LogP contribution is -2.45. The zero-order chi connectivity index (χ0) is 20.8. The summed E-state index contributed by atoms with van der Waals surface area (Å²) in [5.41, 5.74) is 3.37. The third kappa shape index (κ3) is 3.17. The lowest BCUT2D eigenvalue weighted by atomic mass is 9.80. The summed E-state index contributed by atoms with van der Waals surface area (Å²) in [6.45, 7) is 3.29. The second kappa shape index (κ2) is 7.19. The van der Waals surface area contributed by atoms with E-state index < -0.39 is 11.8 Å². The molecule has 0 spiro atoms. The smallest absolute Gasteiger partial charge is 0.380 e. The molecule has 29 heavy (non-hydrogen) atoms. The van der Waals surface area contributed by atoms with Gasteiger partial charge in [-0.05, 0) is 54.9 Å². The van der Waals surface area contributed by atoms with E-state index in [-0.39, 0.29) is 18.2 Å². The van der Waals surface area contributed by atoms with Crippen molar-refractivity contribution in [2.75, 3.05) is 32.6 Å². The molecule has 1 fully saturated rings. The molecule has 4 rings (SSSR count). The van der Waals surface area contributed by atoms with Gasteiger partial charge in [0.1, 0.15) is 12.4 Å². The molecule has 2 unspecified atom stereocenters. The summed E-state index contributed by atoms with van der Waals surface area (Å²) < 4.78 is 10.4. The number of Topliss-reactive ketones (excluding diaryl/α,β-unsaturated/α-hetero) is 1. The number of hydrogen-bond acceptors (Lipinski definition) is 6. The molecule has 0 bridgehead atoms. The highest BCUT2D eigenvalue weighted by atomic mass is 16.5. The Morgan fingerprint density at radius 3 is 2.55 bits per heavy atom. The fourth-order valence-electron chi connectivity index (χ4n) is 4.77. The van der Waals surface area contributed by atoms with Gasteiger partial charge in [-0.15, -0.1) is 0 Å². The first-order valence-corrected chi connectivity index (χ1v) is 9.77. The van der Waals surface area contributed by atoms with Crippen molar-refractivity contribution in [3.05, 3.63) is 59.2 Å². The predicted molar refractivity (Wildman–Crippen MR) is 110 cm³/mol. The number of carbonyl (C=O) groups is 2. The van der Waals surface area contributed by atoms with E-state index in [9.17, 15) is 9.59 Å². The minimum atomic E-state index is -0.836. The van der Waals surface area contributed by atoms with Crippen LogP contribution in [0.25, 0.3) is 0 Å². The van der Waals surface area contributed by atoms with Crippen LogP contribution in [0.4, 0.5) is 5.69 Å². The Balaban J connectivity index is 1.50. The number of ketones is 1. The zero-order valence-corrected chi connectivity index (χ0v) is 17.3. The van der Waals surface area contributed by atoms with Gasteiger partial charge in [0.25, 0.3) is 5.78 Å². The summed E-state index contributed by atoms with van der Waals surface area (Å²) in [7, 11) is 5.80. The molecule has 2 aromatic carbocycles. The van der Waals surface area contributed by atoms with Gasteiger partial charge in [0.05, 0.1) is 13.3 Å². The van der Waals surface area contributed by atoms with Crippen LogP contribution >= 0.6 is 0 Å². The summed E-state index contributed by atoms with van der Waals surface area (Å²) >= 11 is 0. The van der Waals surface area contributed by atoms with Crippen LogP contribution in [0.5, 0.6) is 5.75 Å². The normalized spacial score (nSPS) is 22.9. The van der Waals surface area contributed by atoms with Crippen LogP contribution in [0.1, 0.15) is 34.8 Å². The number of ether oxygens (including phenoxy) is 2. The maximum absolute atomic E-state index is 12.7. The van der Waals surface area contributed by atoms with Crippen molar-refractivity contribution >= 4 is 17.4 Å². The van der Waals surface area contributed by atoms with E-state index in [1.165, 1.54) is 0 Å². The number of likely N-dealkylation sites (N-methyl/N-ethyl adjacent to an activating group) is 2. The van der Waals surface area contributed by atoms with Crippen LogP contribution in [0.15, 0.2) is 42.5 Å². The summed E-state index contributed by atoms with van der Waals surface area (Å²) in [4.78, 5) is 29.6. The molecule has 0 saturated carbocycles. The molecule has 0 aromatic heterocycles. The molecule has 152 valence electrons. The fraction of sp³-hybridized carbons (Fsp3) is 0.391. The van der Waals surface area contributed by atoms with Crippen LogP contribution in [-0.4, -0.2) is 50.6 Å². The maximum Gasteiger partial charge on any atom is 0.380 e. The molecule has 2 aromatic rings. The number of esters is 1. The number of anilines is 1. The van der Waals surface area contributed by atoms with Crippen LogP contribution in [0.2, 0.25) is 0 Å². The summed E-state index contributed by atoms with van der Waals surface area (Å²) in [5.74, 6) is -0.719. The number of hydrogen-bond donors (Lipinski definition) is 0. The molecule has 2 aliphatic heterocycles. The number of benzene rings is 2. The number of fused-ring (bicyclic) bond motifs is 3. The van der Waals surface area contributed by atoms with Crippen molar-refractivity contribution < 1.29 is 19.1 Å². The van der Waals surface area contributed by atoms with Gasteiger partial charge in [-0.2, -0.15) is 0 Å². The molecular weight excluding hydrogens is 368 g/mol. The highest BCUT2D eigenvalue weighted by molar-refractivity contribution is 6.40. The van der Waals surface area contributed by atoms with E-state index in [1.54, 1.807) is 37.4 Å². The quantitative estimate of drug-likeness (QED) is 0.441. The van der Waals surface area contributed by atoms with Gasteiger partial charge >= 0.3 is 5.97 Å². The average molecular weight is 394 g/mol. The van der Waals surface area contributed by atoms with Crippen LogP contribution in [-0.2, 0) is 21.6 Å². The number of nitrogens with zero attached hydrogens (tertiary/aromatic N) is 2. The molecule has 0 aliphatic carbocycles. The summed E-state index contributed by atoms with van der Waals surface area (Å²) in [5, 5.41) is 0. The Hall–Kier alpha value is -2.86. The van der Waals surface area contributed by atoms with Gasteiger partial charge in [-0.3, -0.25) is 9.69 Å². The Labute approximate surface area is 171 Å². The molecule has 2 heterocycles. The number of carbonyl (C=O) groups excluding carboxylic acids is 2. The largest absolute Gasteiger partial charge is 0.497 e. The van der Waals surface area contributed by atoms with E-state index >= 15 is 0 Å². The SMILES string of the molecule is COc1ccc(COC(=O)C(=O)c2ccc3c(c2)C2(C)CCN(C)C2N3C)cc1. The van der Waals surface area contributed by atoms with Crippen molar-refractivity contribution in [3.8, 4) is 5.75 Å². The van der Waals surface area contributed by atoms with Crippen LogP contribution in [0, 0.1) is 0 Å². The van der Waals surface area contributed by atoms with E-state index in [1.807, 2.05) is 12.1 Å². The van der Waals surface area contributed by atoms with E-state index in [2.05, 4.69) is 30.8 Å². The Morgan fingerprint density at radius 1 is 1.14 bits per heavy atom. The first kappa shape index (κ1) is 19.5. The highest BCUT2D eigenvalue weighted by Gasteiger charge is 2.52. The van der Waals surface area contributed by atoms with E-state index in [0.29, 0.717) is 5.56 Å². The number of likely N-dealkylation sites (tertiary alicyclic amines) is 1. The highest BCUT2D eigenvalue weighted by Crippen LogP contribution is 2.51. The molecule has 6 nitrogen and oxygen atoms in total. The fourth-order valence-corrected chi connectivity index (χ4v) is 4.77. The lowest BCUT2D eigenvalue weighted by Gasteiger charge is -2.32. The van der Waals surface area contributed by atoms with Crippen molar-refractivity contribution in [3.63, 3.8) is 0 Å². The van der Waals surface area contributed by atoms with Gasteiger partial charge in [0, 0.05) is 30.3 Å². The van der Waals surface area contributed by atoms with E-state index in [0.717, 1.165) is 35.5 Å². The molecule has 0 N–H and O–H groups in total. The maximum atomic E-state index is 12.7. The Morgan fingerprint density at radius 2 is 1.86 bits per heavy atom. The van der Waals surface area contributed by atoms with Gasteiger partial charge in [-0.1, -0.05) is 19.1 Å². The lowest BCUT2D eigenvalue weighted by molar-refractivity contribution is -0.139. The Kier molecular flexibility index (Phi) is 4.82. The van der Waals surface area contributed by atoms with Gasteiger partial charge in [0.15, 0.2) is 0 Å². The molecule has 2 aliphatic rings. The standard InChI is InChI=1S/C23H26N2O4/c1-23-11-12-24(2)22(23)25(3)19-10-7-16(13-18(19)23)20(26)21(27)29-14-15-5-8-17(28-4)9-6-15/h5-10,13,22H,11-12,14H2,1-4H3. The summed E-state index contributed by atoms with van der Waals surface area (Å²) in [6.07, 6.45) is 1.29. The zero-order valence-electron chi connectivity index (χ0n) is 17.3. The molecule has 0 amide bonds. The van der Waals surface area contributed by atoms with Gasteiger partial charge < -0.3 is 14.4 Å².